The molecular formula is C19H23N7O2S. The monoisotopic (exact) mass is 413 g/mol. The van der Waals surface area contributed by atoms with Gasteiger partial charge in [0.25, 0.3) is 0 Å². The first-order valence-electron chi connectivity index (χ1n) is 9.31. The van der Waals surface area contributed by atoms with E-state index in [0.717, 1.165) is 27.6 Å². The lowest BCUT2D eigenvalue weighted by molar-refractivity contribution is 0.189. The molecule has 152 valence electrons. The van der Waals surface area contributed by atoms with Crippen LogP contribution in [0.3, 0.4) is 0 Å². The van der Waals surface area contributed by atoms with Crippen molar-refractivity contribution in [2.75, 3.05) is 36.1 Å². The Balaban J connectivity index is 1.51. The van der Waals surface area contributed by atoms with Gasteiger partial charge in [0, 0.05) is 30.9 Å². The smallest absolute Gasteiger partial charge is 0.321 e. The number of amides is 2. The third-order valence-electron chi connectivity index (χ3n) is 4.99. The molecule has 2 atom stereocenters. The summed E-state index contributed by atoms with van der Waals surface area (Å²) in [6.45, 7) is 5.25. The lowest BCUT2D eigenvalue weighted by Gasteiger charge is -2.45. The maximum atomic E-state index is 12.8. The number of carbonyl (C=O) groups is 1. The molecule has 29 heavy (non-hydrogen) atoms. The zero-order valence-corrected chi connectivity index (χ0v) is 17.3. The fraction of sp³-hybridized carbons (Fsp3) is 0.368. The number of nitrogen functional groups attached to an aromatic ring is 1. The second-order valence-electron chi connectivity index (χ2n) is 7.08. The van der Waals surface area contributed by atoms with Gasteiger partial charge in [0.2, 0.25) is 5.95 Å². The number of urea groups is 1. The third kappa shape index (κ3) is 3.75. The summed E-state index contributed by atoms with van der Waals surface area (Å²) < 4.78 is 5.15. The molecule has 1 aliphatic heterocycles. The highest BCUT2D eigenvalue weighted by Gasteiger charge is 2.34. The first-order valence-corrected chi connectivity index (χ1v) is 10.2. The first-order chi connectivity index (χ1) is 14.0. The molecule has 3 heterocycles. The summed E-state index contributed by atoms with van der Waals surface area (Å²) in [5.74, 6) is 1.70. The number of piperazine rings is 1. The van der Waals surface area contributed by atoms with Crippen LogP contribution in [0.25, 0.3) is 10.3 Å². The topological polar surface area (TPSA) is 110 Å². The van der Waals surface area contributed by atoms with Gasteiger partial charge in [-0.3, -0.25) is 0 Å². The number of hydrogen-bond donors (Lipinski definition) is 2. The van der Waals surface area contributed by atoms with Gasteiger partial charge in [-0.2, -0.15) is 4.98 Å². The summed E-state index contributed by atoms with van der Waals surface area (Å²) in [7, 11) is 1.61. The van der Waals surface area contributed by atoms with Crippen LogP contribution in [0.1, 0.15) is 13.8 Å². The SMILES string of the molecule is COc1ccc(NC(=O)N2C[C@@H](C)N(c3nc(N)nc4scnc34)[C@@H](C)C2)cc1. The number of carbonyl (C=O) groups excluding carboxylic acids is 1. The molecule has 1 fully saturated rings. The largest absolute Gasteiger partial charge is 0.497 e. The van der Waals surface area contributed by atoms with Crippen LogP contribution in [0.5, 0.6) is 5.75 Å². The molecule has 0 spiro atoms. The second-order valence-corrected chi connectivity index (χ2v) is 7.91. The summed E-state index contributed by atoms with van der Waals surface area (Å²) >= 11 is 1.44. The molecule has 1 saturated heterocycles. The van der Waals surface area contributed by atoms with Gasteiger partial charge in [0.05, 0.1) is 12.6 Å². The molecule has 0 radical (unpaired) electrons. The minimum Gasteiger partial charge on any atom is -0.497 e. The van der Waals surface area contributed by atoms with Crippen LogP contribution in [0.2, 0.25) is 0 Å². The van der Waals surface area contributed by atoms with Crippen LogP contribution in [0, 0.1) is 0 Å². The Morgan fingerprint density at radius 2 is 1.90 bits per heavy atom. The van der Waals surface area contributed by atoms with Crippen molar-refractivity contribution < 1.29 is 9.53 Å². The highest BCUT2D eigenvalue weighted by Crippen LogP contribution is 2.31. The molecule has 2 amide bonds. The fourth-order valence-electron chi connectivity index (χ4n) is 3.73. The second kappa shape index (κ2) is 7.70. The number of benzene rings is 1. The van der Waals surface area contributed by atoms with E-state index in [4.69, 9.17) is 10.5 Å². The van der Waals surface area contributed by atoms with Crippen LogP contribution in [0.4, 0.5) is 22.2 Å². The zero-order valence-electron chi connectivity index (χ0n) is 16.5. The Hall–Kier alpha value is -3.14. The van der Waals surface area contributed by atoms with Crippen LogP contribution < -0.4 is 20.7 Å². The van der Waals surface area contributed by atoms with Crippen LogP contribution >= 0.6 is 11.3 Å². The quantitative estimate of drug-likeness (QED) is 0.679. The Morgan fingerprint density at radius 1 is 1.21 bits per heavy atom. The van der Waals surface area contributed by atoms with Crippen molar-refractivity contribution in [3.05, 3.63) is 29.8 Å². The van der Waals surface area contributed by atoms with E-state index < -0.39 is 0 Å². The predicted molar refractivity (Wildman–Crippen MR) is 115 cm³/mol. The molecule has 3 N–H and O–H groups in total. The van der Waals surface area contributed by atoms with E-state index in [2.05, 4.69) is 39.0 Å². The van der Waals surface area contributed by atoms with Crippen LogP contribution in [-0.2, 0) is 0 Å². The van der Waals surface area contributed by atoms with Crippen molar-refractivity contribution in [1.29, 1.82) is 0 Å². The summed E-state index contributed by atoms with van der Waals surface area (Å²) in [6, 6.07) is 7.23. The number of methoxy groups -OCH3 is 1. The normalized spacial score (nSPS) is 19.4. The average molecular weight is 414 g/mol. The Labute approximate surface area is 172 Å². The van der Waals surface area contributed by atoms with Gasteiger partial charge in [-0.05, 0) is 38.1 Å². The molecular weight excluding hydrogens is 390 g/mol. The predicted octanol–water partition coefficient (Wildman–Crippen LogP) is 2.81. The Kier molecular flexibility index (Phi) is 5.10. The van der Waals surface area contributed by atoms with Crippen molar-refractivity contribution in [3.8, 4) is 5.75 Å². The summed E-state index contributed by atoms with van der Waals surface area (Å²) in [5, 5.41) is 2.95. The average Bonchev–Trinajstić information content (AvgIpc) is 3.16. The maximum Gasteiger partial charge on any atom is 0.321 e. The third-order valence-corrected chi connectivity index (χ3v) is 5.71. The van der Waals surface area contributed by atoms with Gasteiger partial charge in [0.1, 0.15) is 11.3 Å². The van der Waals surface area contributed by atoms with Crippen LogP contribution in [0.15, 0.2) is 29.8 Å². The molecule has 0 unspecified atom stereocenters. The number of thiazole rings is 1. The van der Waals surface area contributed by atoms with Crippen molar-refractivity contribution in [2.45, 2.75) is 25.9 Å². The number of nitrogens with two attached hydrogens (primary N) is 1. The Bertz CT molecular complexity index is 1010. The number of nitrogens with zero attached hydrogens (tertiary/aromatic N) is 5. The first kappa shape index (κ1) is 19.2. The Morgan fingerprint density at radius 3 is 2.55 bits per heavy atom. The van der Waals surface area contributed by atoms with Gasteiger partial charge < -0.3 is 25.6 Å². The van der Waals surface area contributed by atoms with Crippen molar-refractivity contribution in [1.82, 2.24) is 19.9 Å². The van der Waals surface area contributed by atoms with Gasteiger partial charge in [-0.15, -0.1) is 11.3 Å². The maximum absolute atomic E-state index is 12.8. The molecule has 0 saturated carbocycles. The van der Waals surface area contributed by atoms with Gasteiger partial charge >= 0.3 is 6.03 Å². The molecule has 4 rings (SSSR count). The molecule has 0 aliphatic carbocycles. The highest BCUT2D eigenvalue weighted by atomic mass is 32.1. The molecule has 1 aliphatic rings. The van der Waals surface area contributed by atoms with Crippen molar-refractivity contribution >= 4 is 45.2 Å². The number of ether oxygens (including phenoxy) is 1. The highest BCUT2D eigenvalue weighted by molar-refractivity contribution is 7.16. The number of nitrogens with one attached hydrogen (secondary N) is 1. The number of anilines is 3. The molecule has 1 aromatic carbocycles. The van der Waals surface area contributed by atoms with E-state index in [0.29, 0.717) is 13.1 Å². The summed E-state index contributed by atoms with van der Waals surface area (Å²) in [6.07, 6.45) is 0. The lowest BCUT2D eigenvalue weighted by atomic mass is 10.1. The minimum absolute atomic E-state index is 0.0413. The van der Waals surface area contributed by atoms with E-state index in [1.165, 1.54) is 11.3 Å². The molecule has 9 nitrogen and oxygen atoms in total. The standard InChI is InChI=1S/C19H23N7O2S/c1-11-8-25(19(27)22-13-4-6-14(28-3)7-5-13)9-12(2)26(11)16-15-17(29-10-21-15)24-18(20)23-16/h4-7,10-12H,8-9H2,1-3H3,(H,22,27)(H2,20,23,24)/t11-,12+. The number of hydrogen-bond acceptors (Lipinski definition) is 8. The number of fused-ring (bicyclic) bond motifs is 1. The fourth-order valence-corrected chi connectivity index (χ4v) is 4.39. The van der Waals surface area contributed by atoms with E-state index in [1.54, 1.807) is 12.6 Å². The molecule has 0 bridgehead atoms. The zero-order chi connectivity index (χ0) is 20.5. The van der Waals surface area contributed by atoms with E-state index in [1.807, 2.05) is 29.2 Å². The van der Waals surface area contributed by atoms with E-state index >= 15 is 0 Å². The molecule has 3 aromatic rings. The van der Waals surface area contributed by atoms with Gasteiger partial charge in [-0.1, -0.05) is 0 Å². The van der Waals surface area contributed by atoms with E-state index in [-0.39, 0.29) is 24.1 Å². The van der Waals surface area contributed by atoms with Crippen molar-refractivity contribution in [2.24, 2.45) is 0 Å². The van der Waals surface area contributed by atoms with Crippen LogP contribution in [-0.4, -0.2) is 58.2 Å². The van der Waals surface area contributed by atoms with E-state index in [9.17, 15) is 4.79 Å². The summed E-state index contributed by atoms with van der Waals surface area (Å²) in [4.78, 5) is 30.7. The minimum atomic E-state index is -0.130. The number of rotatable bonds is 3. The van der Waals surface area contributed by atoms with Gasteiger partial charge in [0.15, 0.2) is 10.6 Å². The van der Waals surface area contributed by atoms with Gasteiger partial charge in [-0.25, -0.2) is 14.8 Å². The number of aromatic nitrogens is 3. The van der Waals surface area contributed by atoms with Crippen molar-refractivity contribution in [3.63, 3.8) is 0 Å². The lowest BCUT2D eigenvalue weighted by Crippen LogP contribution is -2.59. The molecule has 2 aromatic heterocycles. The summed E-state index contributed by atoms with van der Waals surface area (Å²) in [5.41, 5.74) is 9.13. The molecule has 10 heteroatoms.